The standard InChI is InChI=1S/C16H19BClNO2.C14H2.C10H7BrClN.C10H8BrNO.2CH4/c1-10-8-13(18)12-9-11(6-7-14(12)19-10)17-20-15(2,3)16(4,5)21-17;1-3-5-7-9-11-13-14-12-10-8-6-4-2;1-6-4-9(12)8-5-7(11)2-3-10(8)13-6;1-6-4-10(13)8-5-7(11)2-3-9(8)12-6;;/h6-9H,1-5H3;1-2H;2-5H,1H3;2-5H,1H3,(H,12,13);2*1H4. The van der Waals surface area contributed by atoms with E-state index < -0.39 is 0 Å². The van der Waals surface area contributed by atoms with E-state index in [1.54, 1.807) is 6.07 Å². The molecule has 6 aromatic rings. The summed E-state index contributed by atoms with van der Waals surface area (Å²) in [7, 11) is -0.378. The fourth-order valence-corrected chi connectivity index (χ4v) is 6.75. The van der Waals surface area contributed by atoms with Crippen molar-refractivity contribution in [1.82, 2.24) is 15.0 Å². The van der Waals surface area contributed by atoms with Crippen LogP contribution in [-0.2, 0) is 9.31 Å². The van der Waals surface area contributed by atoms with Gasteiger partial charge in [0.25, 0.3) is 0 Å². The summed E-state index contributed by atoms with van der Waals surface area (Å²) in [6.07, 6.45) is 9.71. The van der Waals surface area contributed by atoms with Crippen LogP contribution >= 0.6 is 55.1 Å². The number of terminal acetylenes is 2. The average molecular weight is 1000 g/mol. The first-order chi connectivity index (χ1) is 28.9. The molecule has 7 rings (SSSR count). The number of nitrogens with zero attached hydrogens (tertiary/aromatic N) is 2. The van der Waals surface area contributed by atoms with Gasteiger partial charge in [0.05, 0.1) is 32.3 Å². The highest BCUT2D eigenvalue weighted by atomic mass is 79.9. The maximum atomic E-state index is 11.5. The first kappa shape index (κ1) is 53.3. The lowest BCUT2D eigenvalue weighted by Crippen LogP contribution is -2.41. The minimum atomic E-state index is -0.378. The van der Waals surface area contributed by atoms with Gasteiger partial charge < -0.3 is 14.3 Å². The van der Waals surface area contributed by atoms with Crippen LogP contribution in [0.1, 0.15) is 59.6 Å². The molecule has 0 atom stereocenters. The number of aryl methyl sites for hydroxylation is 3. The van der Waals surface area contributed by atoms with Crippen LogP contribution in [0.3, 0.4) is 0 Å². The predicted octanol–water partition coefficient (Wildman–Crippen LogP) is 11.6. The average Bonchev–Trinajstić information content (AvgIpc) is 3.42. The second-order valence-corrected chi connectivity index (χ2v) is 16.7. The number of H-pyrrole nitrogens is 1. The van der Waals surface area contributed by atoms with E-state index in [4.69, 9.17) is 45.4 Å². The van der Waals surface area contributed by atoms with E-state index in [2.05, 4.69) is 118 Å². The molecule has 1 aliphatic rings. The molecule has 0 bridgehead atoms. The largest absolute Gasteiger partial charge is 0.494 e. The van der Waals surface area contributed by atoms with Gasteiger partial charge in [0, 0.05) is 53.8 Å². The molecule has 0 spiro atoms. The van der Waals surface area contributed by atoms with E-state index in [1.165, 1.54) is 0 Å². The van der Waals surface area contributed by atoms with Crippen molar-refractivity contribution >= 4 is 100 Å². The van der Waals surface area contributed by atoms with Gasteiger partial charge in [-0.05, 0) is 180 Å². The number of nitrogens with one attached hydrogen (secondary N) is 1. The Morgan fingerprint density at radius 1 is 0.603 bits per heavy atom. The zero-order valence-corrected chi connectivity index (χ0v) is 39.0. The maximum Gasteiger partial charge on any atom is 0.494 e. The summed E-state index contributed by atoms with van der Waals surface area (Å²) >= 11 is 19.1. The zero-order chi connectivity index (χ0) is 44.7. The molecule has 3 aromatic heterocycles. The van der Waals surface area contributed by atoms with E-state index in [-0.39, 0.29) is 38.6 Å². The van der Waals surface area contributed by atoms with Crippen molar-refractivity contribution in [2.75, 3.05) is 0 Å². The molecule has 3 aromatic carbocycles. The van der Waals surface area contributed by atoms with E-state index in [0.29, 0.717) is 5.02 Å². The van der Waals surface area contributed by atoms with Gasteiger partial charge in [0.15, 0.2) is 5.43 Å². The van der Waals surface area contributed by atoms with Gasteiger partial charge in [-0.3, -0.25) is 14.8 Å². The van der Waals surface area contributed by atoms with Gasteiger partial charge in [-0.2, -0.15) is 0 Å². The molecule has 4 heterocycles. The van der Waals surface area contributed by atoms with E-state index in [1.807, 2.05) is 115 Å². The summed E-state index contributed by atoms with van der Waals surface area (Å²) in [5, 5.41) is 4.09. The van der Waals surface area contributed by atoms with Gasteiger partial charge in [0.2, 0.25) is 0 Å². The number of halogens is 4. The monoisotopic (exact) mass is 997 g/mol. The number of aromatic nitrogens is 3. The van der Waals surface area contributed by atoms with Crippen molar-refractivity contribution in [2.24, 2.45) is 0 Å². The van der Waals surface area contributed by atoms with Crippen LogP contribution in [0.5, 0.6) is 0 Å². The Hall–Kier alpha value is -5.87. The Bertz CT molecular complexity index is 3060. The molecule has 0 unspecified atom stereocenters. The maximum absolute atomic E-state index is 11.5. The molecular weight excluding hydrogens is 956 g/mol. The molecule has 0 saturated carbocycles. The molecule has 0 amide bonds. The highest BCUT2D eigenvalue weighted by molar-refractivity contribution is 9.10. The molecule has 1 aliphatic heterocycles. The lowest BCUT2D eigenvalue weighted by atomic mass is 9.78. The number of rotatable bonds is 1. The first-order valence-electron chi connectivity index (χ1n) is 18.3. The van der Waals surface area contributed by atoms with E-state index >= 15 is 0 Å². The summed E-state index contributed by atoms with van der Waals surface area (Å²) in [4.78, 5) is 23.5. The minimum Gasteiger partial charge on any atom is -0.399 e. The summed E-state index contributed by atoms with van der Waals surface area (Å²) in [6, 6.07) is 22.9. The van der Waals surface area contributed by atoms with Crippen molar-refractivity contribution < 1.29 is 9.31 Å². The topological polar surface area (TPSA) is 77.1 Å². The van der Waals surface area contributed by atoms with Crippen LogP contribution in [0.15, 0.2) is 86.5 Å². The van der Waals surface area contributed by atoms with Crippen molar-refractivity contribution in [1.29, 1.82) is 0 Å². The Balaban J connectivity index is 0.000000293. The number of hydrogen-bond acceptors (Lipinski definition) is 5. The minimum absolute atomic E-state index is 0. The highest BCUT2D eigenvalue weighted by Crippen LogP contribution is 2.37. The number of aromatic amines is 1. The van der Waals surface area contributed by atoms with Crippen LogP contribution < -0.4 is 10.9 Å². The molecule has 11 heteroatoms. The van der Waals surface area contributed by atoms with Gasteiger partial charge in [-0.15, -0.1) is 12.8 Å². The molecule has 63 heavy (non-hydrogen) atoms. The number of fused-ring (bicyclic) bond motifs is 3. The molecule has 6 nitrogen and oxygen atoms in total. The summed E-state index contributed by atoms with van der Waals surface area (Å²) < 4.78 is 14.1. The molecule has 0 radical (unpaired) electrons. The molecule has 1 N–H and O–H groups in total. The third kappa shape index (κ3) is 15.5. The second-order valence-electron chi connectivity index (χ2n) is 14.1. The van der Waals surface area contributed by atoms with Crippen LogP contribution in [0.4, 0.5) is 0 Å². The van der Waals surface area contributed by atoms with Gasteiger partial charge in [-0.25, -0.2) is 0 Å². The summed E-state index contributed by atoms with van der Waals surface area (Å²) in [6.45, 7) is 13.9. The molecular formula is C52H44BBr2Cl2N3O3. The van der Waals surface area contributed by atoms with Gasteiger partial charge in [0.1, 0.15) is 0 Å². The quantitative estimate of drug-likeness (QED) is 0.131. The van der Waals surface area contributed by atoms with Crippen LogP contribution in [0.25, 0.3) is 32.7 Å². The van der Waals surface area contributed by atoms with Crippen LogP contribution in [-0.4, -0.2) is 33.3 Å². The third-order valence-electron chi connectivity index (χ3n) is 8.92. The predicted molar refractivity (Wildman–Crippen MR) is 273 cm³/mol. The normalized spacial score (nSPS) is 11.9. The van der Waals surface area contributed by atoms with Crippen molar-refractivity contribution in [3.8, 4) is 83.9 Å². The lowest BCUT2D eigenvalue weighted by Gasteiger charge is -2.32. The smallest absolute Gasteiger partial charge is 0.399 e. The molecule has 316 valence electrons. The number of benzene rings is 3. The highest BCUT2D eigenvalue weighted by Gasteiger charge is 2.51. The Kier molecular flexibility index (Phi) is 20.9. The Labute approximate surface area is 399 Å². The Morgan fingerprint density at radius 3 is 1.49 bits per heavy atom. The van der Waals surface area contributed by atoms with Crippen LogP contribution in [0.2, 0.25) is 10.0 Å². The van der Waals surface area contributed by atoms with Crippen LogP contribution in [0, 0.1) is 105 Å². The van der Waals surface area contributed by atoms with Gasteiger partial charge >= 0.3 is 7.12 Å². The zero-order valence-electron chi connectivity index (χ0n) is 34.3. The number of hydrogen-bond donors (Lipinski definition) is 1. The lowest BCUT2D eigenvalue weighted by molar-refractivity contribution is 0.00578. The fourth-order valence-electron chi connectivity index (χ4n) is 5.41. The third-order valence-corrected chi connectivity index (χ3v) is 10.5. The molecule has 0 aliphatic carbocycles. The molecule has 1 saturated heterocycles. The first-order valence-corrected chi connectivity index (χ1v) is 20.6. The fraction of sp³-hybridized carbons (Fsp3) is 0.212. The number of pyridine rings is 3. The summed E-state index contributed by atoms with van der Waals surface area (Å²) in [5.41, 5.74) is 5.79. The van der Waals surface area contributed by atoms with Gasteiger partial charge in [-0.1, -0.05) is 82.0 Å². The summed E-state index contributed by atoms with van der Waals surface area (Å²) in [5.74, 6) is 28.3. The molecule has 1 fully saturated rings. The Morgan fingerprint density at radius 2 is 1.02 bits per heavy atom. The SMILES string of the molecule is C.C.C#CC#CC#CC#CC#CC#CC#C.Cc1cc(=O)c2cc(Br)ccc2[nH]1.Cc1cc(Cl)c2cc(B3OC(C)(C)C(C)(C)O3)ccc2n1.Cc1cc(Cl)c2cc(Br)ccc2n1. The van der Waals surface area contributed by atoms with E-state index in [0.717, 1.165) is 69.2 Å². The van der Waals surface area contributed by atoms with Crippen molar-refractivity contribution in [2.45, 2.75) is 74.5 Å². The van der Waals surface area contributed by atoms with Crippen molar-refractivity contribution in [3.63, 3.8) is 0 Å². The van der Waals surface area contributed by atoms with Crippen molar-refractivity contribution in [3.05, 3.63) is 119 Å². The second kappa shape index (κ2) is 24.7. The van der Waals surface area contributed by atoms with E-state index in [9.17, 15) is 4.79 Å².